The Balaban J connectivity index is 1.99. The fraction of sp³-hybridized carbons (Fsp3) is 0.250. The smallest absolute Gasteiger partial charge is 0.135 e. The summed E-state index contributed by atoms with van der Waals surface area (Å²) in [6.45, 7) is 5.01. The molecule has 0 unspecified atom stereocenters. The van der Waals surface area contributed by atoms with Crippen LogP contribution in [0.1, 0.15) is 19.4 Å². The van der Waals surface area contributed by atoms with Gasteiger partial charge in [0.25, 0.3) is 0 Å². The normalized spacial score (nSPS) is 15.7. The van der Waals surface area contributed by atoms with Crippen molar-refractivity contribution in [1.82, 2.24) is 0 Å². The number of ether oxygens (including phenoxy) is 2. The van der Waals surface area contributed by atoms with E-state index in [1.54, 1.807) is 0 Å². The van der Waals surface area contributed by atoms with Crippen molar-refractivity contribution in [2.24, 2.45) is 0 Å². The molecule has 2 aromatic rings. The summed E-state index contributed by atoms with van der Waals surface area (Å²) < 4.78 is 11.7. The number of fused-ring (bicyclic) bond motifs is 1. The summed E-state index contributed by atoms with van der Waals surface area (Å²) in [4.78, 5) is 0. The van der Waals surface area contributed by atoms with Crippen LogP contribution in [0.2, 0.25) is 0 Å². The van der Waals surface area contributed by atoms with E-state index >= 15 is 0 Å². The van der Waals surface area contributed by atoms with Crippen LogP contribution in [0.4, 0.5) is 5.69 Å². The van der Waals surface area contributed by atoms with Crippen molar-refractivity contribution in [3.63, 3.8) is 0 Å². The maximum Gasteiger partial charge on any atom is 0.135 e. The second kappa shape index (κ2) is 4.19. The zero-order valence-electron chi connectivity index (χ0n) is 11.1. The molecule has 0 radical (unpaired) electrons. The summed E-state index contributed by atoms with van der Waals surface area (Å²) in [6, 6.07) is 13.3. The molecule has 3 nitrogen and oxygen atoms in total. The highest BCUT2D eigenvalue weighted by atomic mass is 16.5. The van der Waals surface area contributed by atoms with Crippen molar-refractivity contribution in [1.29, 1.82) is 0 Å². The minimum atomic E-state index is -0.0280. The molecule has 1 aliphatic heterocycles. The number of nitrogens with two attached hydrogens (primary N) is 1. The summed E-state index contributed by atoms with van der Waals surface area (Å²) in [5.74, 6) is 2.55. The average Bonchev–Trinajstić information content (AvgIpc) is 2.70. The number of hydrogen-bond acceptors (Lipinski definition) is 3. The van der Waals surface area contributed by atoms with Gasteiger partial charge in [0, 0.05) is 16.7 Å². The third-order valence-electron chi connectivity index (χ3n) is 3.36. The van der Waals surface area contributed by atoms with Gasteiger partial charge in [-0.3, -0.25) is 0 Å². The first-order valence-corrected chi connectivity index (χ1v) is 6.36. The Hall–Kier alpha value is -2.16. The van der Waals surface area contributed by atoms with E-state index in [1.807, 2.05) is 42.5 Å². The predicted molar refractivity (Wildman–Crippen MR) is 75.9 cm³/mol. The van der Waals surface area contributed by atoms with Crippen molar-refractivity contribution in [2.75, 3.05) is 12.3 Å². The zero-order chi connectivity index (χ0) is 13.5. The van der Waals surface area contributed by atoms with Gasteiger partial charge in [0.1, 0.15) is 17.2 Å². The van der Waals surface area contributed by atoms with Gasteiger partial charge in [-0.2, -0.15) is 0 Å². The van der Waals surface area contributed by atoms with Crippen molar-refractivity contribution in [3.8, 4) is 17.2 Å². The fourth-order valence-corrected chi connectivity index (χ4v) is 2.38. The maximum atomic E-state index is 5.98. The van der Waals surface area contributed by atoms with Crippen LogP contribution in [0.25, 0.3) is 0 Å². The number of nitrogen functional groups attached to an aromatic ring is 1. The molecule has 0 aliphatic carbocycles. The van der Waals surface area contributed by atoms with Gasteiger partial charge in [0.05, 0.1) is 6.61 Å². The van der Waals surface area contributed by atoms with Gasteiger partial charge >= 0.3 is 0 Å². The molecule has 1 aliphatic rings. The highest BCUT2D eigenvalue weighted by Crippen LogP contribution is 2.45. The second-order valence-corrected chi connectivity index (χ2v) is 5.47. The van der Waals surface area contributed by atoms with Gasteiger partial charge in [-0.15, -0.1) is 0 Å². The first-order valence-electron chi connectivity index (χ1n) is 6.36. The predicted octanol–water partition coefficient (Wildman–Crippen LogP) is 3.73. The average molecular weight is 255 g/mol. The molecular weight excluding hydrogens is 238 g/mol. The molecule has 3 heteroatoms. The Kier molecular flexibility index (Phi) is 2.63. The van der Waals surface area contributed by atoms with E-state index in [-0.39, 0.29) is 5.41 Å². The SMILES string of the molecule is CC1(C)COc2cccc(Oc3ccc(N)cc3)c21. The van der Waals surface area contributed by atoms with Crippen LogP contribution in [0.3, 0.4) is 0 Å². The van der Waals surface area contributed by atoms with Gasteiger partial charge in [-0.1, -0.05) is 19.9 Å². The van der Waals surface area contributed by atoms with E-state index in [1.165, 1.54) is 0 Å². The van der Waals surface area contributed by atoms with Gasteiger partial charge in [0.2, 0.25) is 0 Å². The number of anilines is 1. The maximum absolute atomic E-state index is 5.98. The molecule has 2 aromatic carbocycles. The topological polar surface area (TPSA) is 44.5 Å². The van der Waals surface area contributed by atoms with Gasteiger partial charge in [-0.25, -0.2) is 0 Å². The lowest BCUT2D eigenvalue weighted by atomic mass is 9.86. The fourth-order valence-electron chi connectivity index (χ4n) is 2.38. The van der Waals surface area contributed by atoms with E-state index in [0.717, 1.165) is 28.5 Å². The van der Waals surface area contributed by atoms with Crippen molar-refractivity contribution >= 4 is 5.69 Å². The molecule has 0 saturated carbocycles. The second-order valence-electron chi connectivity index (χ2n) is 5.47. The molecule has 2 N–H and O–H groups in total. The Morgan fingerprint density at radius 2 is 1.84 bits per heavy atom. The van der Waals surface area contributed by atoms with Crippen LogP contribution >= 0.6 is 0 Å². The molecule has 0 fully saturated rings. The molecule has 19 heavy (non-hydrogen) atoms. The quantitative estimate of drug-likeness (QED) is 0.831. The number of hydrogen-bond donors (Lipinski definition) is 1. The summed E-state index contributed by atoms with van der Waals surface area (Å²) in [6.07, 6.45) is 0. The minimum absolute atomic E-state index is 0.0280. The molecule has 0 spiro atoms. The lowest BCUT2D eigenvalue weighted by Crippen LogP contribution is -2.18. The summed E-state index contributed by atoms with van der Waals surface area (Å²) in [5, 5.41) is 0. The summed E-state index contributed by atoms with van der Waals surface area (Å²) in [7, 11) is 0. The van der Waals surface area contributed by atoms with Crippen molar-refractivity contribution < 1.29 is 9.47 Å². The molecule has 0 bridgehead atoms. The first-order chi connectivity index (χ1) is 9.06. The highest BCUT2D eigenvalue weighted by molar-refractivity contribution is 5.53. The van der Waals surface area contributed by atoms with Crippen molar-refractivity contribution in [3.05, 3.63) is 48.0 Å². The highest BCUT2D eigenvalue weighted by Gasteiger charge is 2.35. The van der Waals surface area contributed by atoms with E-state index in [0.29, 0.717) is 6.61 Å². The van der Waals surface area contributed by atoms with Gasteiger partial charge < -0.3 is 15.2 Å². The lowest BCUT2D eigenvalue weighted by Gasteiger charge is -2.19. The third kappa shape index (κ3) is 2.12. The number of benzene rings is 2. The standard InChI is InChI=1S/C16H17NO2/c1-16(2)10-18-13-4-3-5-14(15(13)16)19-12-8-6-11(17)7-9-12/h3-9H,10,17H2,1-2H3. The Morgan fingerprint density at radius 3 is 2.58 bits per heavy atom. The molecular formula is C16H17NO2. The Labute approximate surface area is 113 Å². The molecule has 0 saturated heterocycles. The summed E-state index contributed by atoms with van der Waals surface area (Å²) >= 11 is 0. The molecule has 0 atom stereocenters. The van der Waals surface area contributed by atoms with E-state index < -0.39 is 0 Å². The van der Waals surface area contributed by atoms with Crippen LogP contribution in [-0.4, -0.2) is 6.61 Å². The third-order valence-corrected chi connectivity index (χ3v) is 3.36. The number of rotatable bonds is 2. The molecule has 98 valence electrons. The Bertz CT molecular complexity index is 603. The van der Waals surface area contributed by atoms with E-state index in [4.69, 9.17) is 15.2 Å². The molecule has 0 aromatic heterocycles. The lowest BCUT2D eigenvalue weighted by molar-refractivity contribution is 0.290. The van der Waals surface area contributed by atoms with Crippen LogP contribution < -0.4 is 15.2 Å². The monoisotopic (exact) mass is 255 g/mol. The largest absolute Gasteiger partial charge is 0.492 e. The minimum Gasteiger partial charge on any atom is -0.492 e. The first kappa shape index (κ1) is 11.9. The van der Waals surface area contributed by atoms with Crippen LogP contribution in [0.5, 0.6) is 17.2 Å². The van der Waals surface area contributed by atoms with Crippen molar-refractivity contribution in [2.45, 2.75) is 19.3 Å². The molecule has 0 amide bonds. The summed E-state index contributed by atoms with van der Waals surface area (Å²) in [5.41, 5.74) is 7.51. The van der Waals surface area contributed by atoms with E-state index in [2.05, 4.69) is 13.8 Å². The van der Waals surface area contributed by atoms with E-state index in [9.17, 15) is 0 Å². The van der Waals surface area contributed by atoms with Crippen LogP contribution in [0, 0.1) is 0 Å². The molecule has 3 rings (SSSR count). The van der Waals surface area contributed by atoms with Crippen LogP contribution in [-0.2, 0) is 5.41 Å². The molecule has 1 heterocycles. The Morgan fingerprint density at radius 1 is 1.11 bits per heavy atom. The van der Waals surface area contributed by atoms with Gasteiger partial charge in [-0.05, 0) is 36.4 Å². The zero-order valence-corrected chi connectivity index (χ0v) is 11.1. The van der Waals surface area contributed by atoms with Gasteiger partial charge in [0.15, 0.2) is 0 Å². The van der Waals surface area contributed by atoms with Crippen LogP contribution in [0.15, 0.2) is 42.5 Å².